The first-order valence-corrected chi connectivity index (χ1v) is 8.69. The monoisotopic (exact) mass is 328 g/mol. The summed E-state index contributed by atoms with van der Waals surface area (Å²) in [6.07, 6.45) is 4.26. The SMILES string of the molecule is CC(C)(C)OC(=O)N1C[C@H]2C=C[C@@H](C1)N2C(C)(C)c1ccccc1. The van der Waals surface area contributed by atoms with E-state index in [1.54, 1.807) is 0 Å². The molecule has 0 aliphatic carbocycles. The van der Waals surface area contributed by atoms with Crippen LogP contribution in [0.25, 0.3) is 0 Å². The second kappa shape index (κ2) is 5.92. The molecule has 24 heavy (non-hydrogen) atoms. The number of rotatable bonds is 2. The Morgan fingerprint density at radius 1 is 1.00 bits per heavy atom. The standard InChI is InChI=1S/C20H28N2O2/c1-19(2,3)24-18(23)21-13-16-11-12-17(14-21)22(16)20(4,5)15-9-7-6-8-10-15/h6-12,16-17H,13-14H2,1-5H3/t16-,17+. The molecule has 2 bridgehead atoms. The predicted octanol–water partition coefficient (Wildman–Crippen LogP) is 3.78. The molecule has 1 saturated heterocycles. The molecule has 130 valence electrons. The summed E-state index contributed by atoms with van der Waals surface area (Å²) in [6.45, 7) is 11.6. The highest BCUT2D eigenvalue weighted by atomic mass is 16.6. The molecule has 0 spiro atoms. The highest BCUT2D eigenvalue weighted by Crippen LogP contribution is 2.38. The molecular formula is C20H28N2O2. The van der Waals surface area contributed by atoms with Gasteiger partial charge in [-0.25, -0.2) is 4.79 Å². The van der Waals surface area contributed by atoms with Crippen LogP contribution in [0, 0.1) is 0 Å². The lowest BCUT2D eigenvalue weighted by atomic mass is 9.89. The molecule has 2 heterocycles. The molecule has 4 heteroatoms. The Balaban J connectivity index is 1.76. The summed E-state index contributed by atoms with van der Waals surface area (Å²) in [4.78, 5) is 16.8. The van der Waals surface area contributed by atoms with Gasteiger partial charge in [0.05, 0.1) is 0 Å². The van der Waals surface area contributed by atoms with Gasteiger partial charge in [0.1, 0.15) is 5.60 Å². The van der Waals surface area contributed by atoms with Crippen molar-refractivity contribution in [1.29, 1.82) is 0 Å². The molecule has 2 aliphatic heterocycles. The summed E-state index contributed by atoms with van der Waals surface area (Å²) in [5, 5.41) is 0. The van der Waals surface area contributed by atoms with Crippen LogP contribution in [0.15, 0.2) is 42.5 Å². The quantitative estimate of drug-likeness (QED) is 0.775. The Labute approximate surface area is 145 Å². The van der Waals surface area contributed by atoms with E-state index in [4.69, 9.17) is 4.74 Å². The lowest BCUT2D eigenvalue weighted by molar-refractivity contribution is -0.0213. The van der Waals surface area contributed by atoms with Gasteiger partial charge in [0.2, 0.25) is 0 Å². The molecule has 2 atom stereocenters. The lowest BCUT2D eigenvalue weighted by Gasteiger charge is -2.49. The van der Waals surface area contributed by atoms with Crippen LogP contribution in [0.5, 0.6) is 0 Å². The minimum atomic E-state index is -0.454. The van der Waals surface area contributed by atoms with Gasteiger partial charge in [-0.15, -0.1) is 0 Å². The van der Waals surface area contributed by atoms with Crippen LogP contribution in [-0.4, -0.2) is 46.7 Å². The summed E-state index contributed by atoms with van der Waals surface area (Å²) in [6, 6.07) is 11.0. The Morgan fingerprint density at radius 3 is 2.04 bits per heavy atom. The first kappa shape index (κ1) is 17.0. The minimum absolute atomic E-state index is 0.0832. The zero-order valence-corrected chi connectivity index (χ0v) is 15.3. The van der Waals surface area contributed by atoms with Crippen molar-refractivity contribution in [2.45, 2.75) is 57.8 Å². The summed E-state index contributed by atoms with van der Waals surface area (Å²) in [5.41, 5.74) is 0.763. The van der Waals surface area contributed by atoms with Gasteiger partial charge < -0.3 is 9.64 Å². The van der Waals surface area contributed by atoms with E-state index in [9.17, 15) is 4.79 Å². The molecule has 0 unspecified atom stereocenters. The lowest BCUT2D eigenvalue weighted by Crippen LogP contribution is -2.61. The number of hydrogen-bond acceptors (Lipinski definition) is 3. The Bertz CT molecular complexity index is 615. The summed E-state index contributed by atoms with van der Waals surface area (Å²) >= 11 is 0. The van der Waals surface area contributed by atoms with E-state index in [0.717, 1.165) is 0 Å². The first-order valence-electron chi connectivity index (χ1n) is 8.69. The van der Waals surface area contributed by atoms with Gasteiger partial charge in [0.15, 0.2) is 0 Å². The van der Waals surface area contributed by atoms with E-state index in [1.165, 1.54) is 5.56 Å². The van der Waals surface area contributed by atoms with Crippen molar-refractivity contribution in [2.75, 3.05) is 13.1 Å². The van der Waals surface area contributed by atoms with E-state index >= 15 is 0 Å². The average Bonchev–Trinajstić information content (AvgIpc) is 2.78. The van der Waals surface area contributed by atoms with Crippen molar-refractivity contribution < 1.29 is 9.53 Å². The second-order valence-electron chi connectivity index (χ2n) is 8.24. The first-order chi connectivity index (χ1) is 11.2. The van der Waals surface area contributed by atoms with Crippen molar-refractivity contribution in [3.63, 3.8) is 0 Å². The fraction of sp³-hybridized carbons (Fsp3) is 0.550. The van der Waals surface area contributed by atoms with E-state index in [-0.39, 0.29) is 23.7 Å². The number of amides is 1. The van der Waals surface area contributed by atoms with Gasteiger partial charge in [-0.2, -0.15) is 0 Å². The topological polar surface area (TPSA) is 32.8 Å². The molecule has 2 aliphatic rings. The normalized spacial score (nSPS) is 24.3. The Morgan fingerprint density at radius 2 is 1.54 bits per heavy atom. The van der Waals surface area contributed by atoms with Crippen LogP contribution < -0.4 is 0 Å². The second-order valence-corrected chi connectivity index (χ2v) is 8.24. The number of ether oxygens (including phenoxy) is 1. The maximum atomic E-state index is 12.4. The molecule has 1 aromatic rings. The molecule has 0 N–H and O–H groups in total. The third-order valence-corrected chi connectivity index (χ3v) is 4.86. The zero-order chi connectivity index (χ0) is 17.5. The molecule has 3 rings (SSSR count). The van der Waals surface area contributed by atoms with Crippen molar-refractivity contribution in [2.24, 2.45) is 0 Å². The number of piperazine rings is 1. The van der Waals surface area contributed by atoms with Crippen LogP contribution in [0.3, 0.4) is 0 Å². The Hall–Kier alpha value is -1.81. The van der Waals surface area contributed by atoms with Gasteiger partial charge in [0, 0.05) is 30.7 Å². The largest absolute Gasteiger partial charge is 0.444 e. The van der Waals surface area contributed by atoms with Crippen LogP contribution in [0.4, 0.5) is 4.79 Å². The van der Waals surface area contributed by atoms with E-state index in [0.29, 0.717) is 13.1 Å². The fourth-order valence-electron chi connectivity index (χ4n) is 3.81. The third kappa shape index (κ3) is 3.20. The number of hydrogen-bond donors (Lipinski definition) is 0. The highest BCUT2D eigenvalue weighted by Gasteiger charge is 2.45. The molecule has 4 nitrogen and oxygen atoms in total. The van der Waals surface area contributed by atoms with Gasteiger partial charge in [-0.05, 0) is 40.2 Å². The van der Waals surface area contributed by atoms with Crippen molar-refractivity contribution in [3.8, 4) is 0 Å². The maximum absolute atomic E-state index is 12.4. The van der Waals surface area contributed by atoms with Crippen LogP contribution in [0.1, 0.15) is 40.2 Å². The van der Waals surface area contributed by atoms with Crippen molar-refractivity contribution in [3.05, 3.63) is 48.0 Å². The summed E-state index contributed by atoms with van der Waals surface area (Å²) < 4.78 is 5.55. The average molecular weight is 328 g/mol. The molecule has 1 amide bonds. The number of benzene rings is 1. The van der Waals surface area contributed by atoms with E-state index < -0.39 is 5.60 Å². The van der Waals surface area contributed by atoms with E-state index in [2.05, 4.69) is 55.2 Å². The van der Waals surface area contributed by atoms with Crippen molar-refractivity contribution >= 4 is 6.09 Å². The van der Waals surface area contributed by atoms with Crippen molar-refractivity contribution in [1.82, 2.24) is 9.80 Å². The van der Waals surface area contributed by atoms with Gasteiger partial charge >= 0.3 is 6.09 Å². The van der Waals surface area contributed by atoms with E-state index in [1.807, 2.05) is 31.7 Å². The highest BCUT2D eigenvalue weighted by molar-refractivity contribution is 5.68. The predicted molar refractivity (Wildman–Crippen MR) is 95.8 cm³/mol. The van der Waals surface area contributed by atoms with Crippen LogP contribution >= 0.6 is 0 Å². The summed E-state index contributed by atoms with van der Waals surface area (Å²) in [7, 11) is 0. The Kier molecular flexibility index (Phi) is 4.20. The van der Waals surface area contributed by atoms with Gasteiger partial charge in [-0.3, -0.25) is 4.90 Å². The number of carbonyl (C=O) groups excluding carboxylic acids is 1. The molecular weight excluding hydrogens is 300 g/mol. The molecule has 0 saturated carbocycles. The maximum Gasteiger partial charge on any atom is 0.410 e. The zero-order valence-electron chi connectivity index (χ0n) is 15.3. The molecule has 0 radical (unpaired) electrons. The number of carbonyl (C=O) groups is 1. The smallest absolute Gasteiger partial charge is 0.410 e. The van der Waals surface area contributed by atoms with Gasteiger partial charge in [0.25, 0.3) is 0 Å². The third-order valence-electron chi connectivity index (χ3n) is 4.86. The minimum Gasteiger partial charge on any atom is -0.444 e. The molecule has 0 aromatic heterocycles. The number of nitrogens with zero attached hydrogens (tertiary/aromatic N) is 2. The van der Waals surface area contributed by atoms with Crippen LogP contribution in [-0.2, 0) is 10.3 Å². The fourth-order valence-corrected chi connectivity index (χ4v) is 3.81. The van der Waals surface area contributed by atoms with Gasteiger partial charge in [-0.1, -0.05) is 42.5 Å². The molecule has 1 fully saturated rings. The van der Waals surface area contributed by atoms with Crippen LogP contribution in [0.2, 0.25) is 0 Å². The molecule has 1 aromatic carbocycles. The number of fused-ring (bicyclic) bond motifs is 2. The summed E-state index contributed by atoms with van der Waals surface area (Å²) in [5.74, 6) is 0.